The summed E-state index contributed by atoms with van der Waals surface area (Å²) >= 11 is 6.45. The van der Waals surface area contributed by atoms with Gasteiger partial charge >= 0.3 is 0 Å². The molecule has 1 aliphatic carbocycles. The van der Waals surface area contributed by atoms with Crippen molar-refractivity contribution in [3.63, 3.8) is 0 Å². The van der Waals surface area contributed by atoms with Crippen LogP contribution in [0.4, 0.5) is 16.2 Å². The summed E-state index contributed by atoms with van der Waals surface area (Å²) in [6.07, 6.45) is 8.42. The quantitative estimate of drug-likeness (QED) is 0.573. The molecule has 0 bridgehead atoms. The standard InChI is InChI=1S/C21H22ClFN6O/c1-14-3-2-4-17(22)19(14)15-5-6-24-16(11-15)12-26-28-21-25-13-18(23)20(27-21)29-7-9-30-10-8-29/h3,5-6,11-13H,2,4,7-10H2,1H3,(H,25,27,28)/b26-12-. The van der Waals surface area contributed by atoms with Crippen LogP contribution in [0.2, 0.25) is 0 Å². The van der Waals surface area contributed by atoms with Crippen molar-refractivity contribution >= 4 is 35.2 Å². The third-order valence-corrected chi connectivity index (χ3v) is 5.33. The molecule has 9 heteroatoms. The molecule has 2 aliphatic rings. The predicted octanol–water partition coefficient (Wildman–Crippen LogP) is 3.98. The Morgan fingerprint density at radius 1 is 1.30 bits per heavy atom. The first kappa shape index (κ1) is 20.4. The number of pyridine rings is 1. The maximum Gasteiger partial charge on any atom is 0.245 e. The van der Waals surface area contributed by atoms with Crippen molar-refractivity contribution in [3.8, 4) is 0 Å². The minimum atomic E-state index is -0.471. The monoisotopic (exact) mass is 428 g/mol. The van der Waals surface area contributed by atoms with E-state index in [1.54, 1.807) is 12.4 Å². The molecule has 1 aliphatic heterocycles. The lowest BCUT2D eigenvalue weighted by molar-refractivity contribution is 0.122. The number of nitrogens with one attached hydrogen (secondary N) is 1. The van der Waals surface area contributed by atoms with Gasteiger partial charge < -0.3 is 9.64 Å². The molecule has 2 aromatic rings. The molecular formula is C21H22ClFN6O. The number of ether oxygens (including phenoxy) is 1. The van der Waals surface area contributed by atoms with Gasteiger partial charge in [-0.1, -0.05) is 17.7 Å². The highest BCUT2D eigenvalue weighted by atomic mass is 35.5. The van der Waals surface area contributed by atoms with Gasteiger partial charge in [0.1, 0.15) is 0 Å². The van der Waals surface area contributed by atoms with Gasteiger partial charge in [0.05, 0.1) is 31.3 Å². The summed E-state index contributed by atoms with van der Waals surface area (Å²) in [5.74, 6) is -0.0174. The summed E-state index contributed by atoms with van der Waals surface area (Å²) in [4.78, 5) is 14.4. The lowest BCUT2D eigenvalue weighted by Gasteiger charge is -2.27. The van der Waals surface area contributed by atoms with E-state index in [1.165, 1.54) is 0 Å². The zero-order chi connectivity index (χ0) is 20.9. The molecule has 7 nitrogen and oxygen atoms in total. The lowest BCUT2D eigenvalue weighted by Crippen LogP contribution is -2.37. The first-order valence-corrected chi connectivity index (χ1v) is 10.2. The molecule has 2 aromatic heterocycles. The third-order valence-electron chi connectivity index (χ3n) is 4.95. The number of allylic oxidation sites excluding steroid dienone is 4. The van der Waals surface area contributed by atoms with E-state index in [0.29, 0.717) is 32.0 Å². The number of nitrogens with zero attached hydrogens (tertiary/aromatic N) is 5. The molecule has 0 spiro atoms. The summed E-state index contributed by atoms with van der Waals surface area (Å²) in [5.41, 5.74) is 6.61. The van der Waals surface area contributed by atoms with Crippen molar-refractivity contribution in [1.29, 1.82) is 0 Å². The number of aromatic nitrogens is 3. The maximum atomic E-state index is 14.1. The lowest BCUT2D eigenvalue weighted by atomic mass is 9.93. The molecule has 1 N–H and O–H groups in total. The Morgan fingerprint density at radius 3 is 2.93 bits per heavy atom. The molecule has 0 radical (unpaired) electrons. The van der Waals surface area contributed by atoms with Crippen LogP contribution in [0.15, 0.2) is 46.3 Å². The molecule has 30 heavy (non-hydrogen) atoms. The van der Waals surface area contributed by atoms with Crippen molar-refractivity contribution < 1.29 is 9.13 Å². The molecule has 4 rings (SSSR count). The number of morpholine rings is 1. The first-order valence-electron chi connectivity index (χ1n) is 9.78. The van der Waals surface area contributed by atoms with Gasteiger partial charge in [-0.25, -0.2) is 14.8 Å². The Labute approximate surface area is 179 Å². The Balaban J connectivity index is 1.48. The molecule has 1 saturated heterocycles. The SMILES string of the molecule is CC1=CCCC(Cl)=C1c1ccnc(/C=N\Nc2ncc(F)c(N3CCOCC3)n2)c1. The van der Waals surface area contributed by atoms with Crippen LogP contribution in [0.5, 0.6) is 0 Å². The summed E-state index contributed by atoms with van der Waals surface area (Å²) in [5, 5.41) is 5.02. The number of halogens is 2. The minimum absolute atomic E-state index is 0.210. The fraction of sp³-hybridized carbons (Fsp3) is 0.333. The number of hydrogen-bond donors (Lipinski definition) is 1. The van der Waals surface area contributed by atoms with Crippen LogP contribution < -0.4 is 10.3 Å². The van der Waals surface area contributed by atoms with Gasteiger partial charge in [0.2, 0.25) is 5.95 Å². The van der Waals surface area contributed by atoms with E-state index in [2.05, 4.69) is 38.5 Å². The average molecular weight is 429 g/mol. The van der Waals surface area contributed by atoms with Gasteiger partial charge in [-0.15, -0.1) is 0 Å². The highest BCUT2D eigenvalue weighted by Gasteiger charge is 2.18. The van der Waals surface area contributed by atoms with Crippen molar-refractivity contribution in [2.45, 2.75) is 19.8 Å². The number of hydrogen-bond acceptors (Lipinski definition) is 7. The van der Waals surface area contributed by atoms with Crippen LogP contribution >= 0.6 is 11.6 Å². The molecular weight excluding hydrogens is 407 g/mol. The molecule has 0 unspecified atom stereocenters. The van der Waals surface area contributed by atoms with Gasteiger partial charge in [-0.2, -0.15) is 10.1 Å². The Kier molecular flexibility index (Phi) is 6.35. The van der Waals surface area contributed by atoms with Crippen LogP contribution in [-0.4, -0.2) is 47.5 Å². The summed E-state index contributed by atoms with van der Waals surface area (Å²) in [6, 6.07) is 3.86. The normalized spacial score (nSPS) is 17.4. The second-order valence-electron chi connectivity index (χ2n) is 7.01. The fourth-order valence-corrected chi connectivity index (χ4v) is 3.85. The predicted molar refractivity (Wildman–Crippen MR) is 116 cm³/mol. The van der Waals surface area contributed by atoms with E-state index < -0.39 is 5.82 Å². The molecule has 3 heterocycles. The largest absolute Gasteiger partial charge is 0.378 e. The number of hydrazone groups is 1. The topological polar surface area (TPSA) is 75.5 Å². The van der Waals surface area contributed by atoms with Crippen molar-refractivity contribution in [1.82, 2.24) is 15.0 Å². The summed E-state index contributed by atoms with van der Waals surface area (Å²) < 4.78 is 19.4. The smallest absolute Gasteiger partial charge is 0.245 e. The fourth-order valence-electron chi connectivity index (χ4n) is 3.48. The van der Waals surface area contributed by atoms with Crippen LogP contribution in [0.3, 0.4) is 0 Å². The number of rotatable bonds is 5. The Hall–Kier alpha value is -2.84. The highest BCUT2D eigenvalue weighted by Crippen LogP contribution is 2.34. The van der Waals surface area contributed by atoms with E-state index in [9.17, 15) is 4.39 Å². The van der Waals surface area contributed by atoms with E-state index in [1.807, 2.05) is 17.0 Å². The zero-order valence-corrected chi connectivity index (χ0v) is 17.4. The molecule has 0 aromatic carbocycles. The second kappa shape index (κ2) is 9.32. The highest BCUT2D eigenvalue weighted by molar-refractivity contribution is 6.33. The summed E-state index contributed by atoms with van der Waals surface area (Å²) in [6.45, 7) is 4.31. The summed E-state index contributed by atoms with van der Waals surface area (Å²) in [7, 11) is 0. The van der Waals surface area contributed by atoms with Gasteiger partial charge in [0.15, 0.2) is 11.6 Å². The van der Waals surface area contributed by atoms with Crippen LogP contribution in [-0.2, 0) is 4.74 Å². The van der Waals surface area contributed by atoms with Gasteiger partial charge in [0.25, 0.3) is 0 Å². The van der Waals surface area contributed by atoms with Crippen LogP contribution in [0.25, 0.3) is 5.57 Å². The van der Waals surface area contributed by atoms with Crippen molar-refractivity contribution in [2.24, 2.45) is 5.10 Å². The van der Waals surface area contributed by atoms with Crippen molar-refractivity contribution in [2.75, 3.05) is 36.6 Å². The third kappa shape index (κ3) is 4.66. The maximum absolute atomic E-state index is 14.1. The molecule has 156 valence electrons. The molecule has 0 atom stereocenters. The molecule has 1 fully saturated rings. The van der Waals surface area contributed by atoms with Crippen LogP contribution in [0, 0.1) is 5.82 Å². The van der Waals surface area contributed by atoms with E-state index in [-0.39, 0.29) is 11.8 Å². The zero-order valence-electron chi connectivity index (χ0n) is 16.6. The first-order chi connectivity index (χ1) is 14.6. The van der Waals surface area contributed by atoms with E-state index in [4.69, 9.17) is 16.3 Å². The van der Waals surface area contributed by atoms with Gasteiger partial charge in [-0.05, 0) is 48.6 Å². The Morgan fingerprint density at radius 2 is 2.13 bits per heavy atom. The van der Waals surface area contributed by atoms with Crippen LogP contribution in [0.1, 0.15) is 31.0 Å². The van der Waals surface area contributed by atoms with Gasteiger partial charge in [0, 0.05) is 24.3 Å². The second-order valence-corrected chi connectivity index (χ2v) is 7.47. The molecule has 0 saturated carbocycles. The van der Waals surface area contributed by atoms with E-state index in [0.717, 1.165) is 40.8 Å². The minimum Gasteiger partial charge on any atom is -0.378 e. The molecule has 0 amide bonds. The van der Waals surface area contributed by atoms with E-state index >= 15 is 0 Å². The number of anilines is 2. The van der Waals surface area contributed by atoms with Gasteiger partial charge in [-0.3, -0.25) is 4.98 Å². The Bertz CT molecular complexity index is 1020. The average Bonchev–Trinajstić information content (AvgIpc) is 2.76. The van der Waals surface area contributed by atoms with Crippen molar-refractivity contribution in [3.05, 3.63) is 58.3 Å².